The van der Waals surface area contributed by atoms with E-state index in [2.05, 4.69) is 30.1 Å². The van der Waals surface area contributed by atoms with Crippen LogP contribution >= 0.6 is 0 Å². The Kier molecular flexibility index (Phi) is 6.06. The highest BCUT2D eigenvalue weighted by Crippen LogP contribution is 2.24. The van der Waals surface area contributed by atoms with Crippen LogP contribution in [0.1, 0.15) is 71.6 Å². The largest absolute Gasteiger partial charge is 0.369 e. The van der Waals surface area contributed by atoms with Gasteiger partial charge >= 0.3 is 0 Å². The van der Waals surface area contributed by atoms with Crippen LogP contribution in [-0.4, -0.2) is 24.0 Å². The Morgan fingerprint density at radius 1 is 1.05 bits per heavy atom. The van der Waals surface area contributed by atoms with Gasteiger partial charge in [0, 0.05) is 19.1 Å². The minimum absolute atomic E-state index is 0.732. The first kappa shape index (κ1) is 14.7. The van der Waals surface area contributed by atoms with Gasteiger partial charge < -0.3 is 10.2 Å². The molecule has 1 saturated heterocycles. The molecule has 2 rings (SSSR count). The van der Waals surface area contributed by atoms with Gasteiger partial charge in [-0.2, -0.15) is 0 Å². The van der Waals surface area contributed by atoms with Crippen molar-refractivity contribution in [3.63, 3.8) is 0 Å². The van der Waals surface area contributed by atoms with E-state index in [0.29, 0.717) is 0 Å². The van der Waals surface area contributed by atoms with E-state index in [-0.39, 0.29) is 0 Å². The zero-order chi connectivity index (χ0) is 13.5. The van der Waals surface area contributed by atoms with Gasteiger partial charge in [-0.25, -0.2) is 0 Å². The molecule has 0 spiro atoms. The van der Waals surface area contributed by atoms with E-state index in [1.165, 1.54) is 70.3 Å². The van der Waals surface area contributed by atoms with Gasteiger partial charge in [-0.1, -0.05) is 39.5 Å². The van der Waals surface area contributed by atoms with Crippen molar-refractivity contribution in [3.8, 4) is 0 Å². The first-order chi connectivity index (χ1) is 9.33. The lowest BCUT2D eigenvalue weighted by Gasteiger charge is -2.37. The summed E-state index contributed by atoms with van der Waals surface area (Å²) in [7, 11) is 0. The smallest absolute Gasteiger partial charge is 0.0973 e. The van der Waals surface area contributed by atoms with Crippen LogP contribution in [0.3, 0.4) is 0 Å². The summed E-state index contributed by atoms with van der Waals surface area (Å²) in [6.07, 6.45) is 14.7. The summed E-state index contributed by atoms with van der Waals surface area (Å²) in [6.45, 7) is 7.10. The number of piperidine rings is 1. The van der Waals surface area contributed by atoms with Crippen LogP contribution in [0.5, 0.6) is 0 Å². The lowest BCUT2D eigenvalue weighted by Crippen LogP contribution is -2.42. The SMILES string of the molecule is CC/C=C(/NC1CCCCC1)N1CCC(CC)CC1. The molecule has 0 aromatic heterocycles. The molecular formula is C17H32N2. The number of nitrogens with one attached hydrogen (secondary N) is 1. The summed E-state index contributed by atoms with van der Waals surface area (Å²) in [5.41, 5.74) is 0. The molecule has 19 heavy (non-hydrogen) atoms. The van der Waals surface area contributed by atoms with Crippen molar-refractivity contribution in [1.82, 2.24) is 10.2 Å². The Labute approximate surface area is 119 Å². The maximum absolute atomic E-state index is 3.85. The Hall–Kier alpha value is -0.660. The van der Waals surface area contributed by atoms with E-state index < -0.39 is 0 Å². The Balaban J connectivity index is 1.87. The molecule has 0 aromatic carbocycles. The van der Waals surface area contributed by atoms with Crippen LogP contribution in [0.15, 0.2) is 11.9 Å². The molecule has 2 aliphatic rings. The molecule has 2 heteroatoms. The molecule has 1 N–H and O–H groups in total. The van der Waals surface area contributed by atoms with Crippen molar-refractivity contribution in [2.24, 2.45) is 5.92 Å². The molecule has 2 fully saturated rings. The monoisotopic (exact) mass is 264 g/mol. The lowest BCUT2D eigenvalue weighted by molar-refractivity contribution is 0.202. The first-order valence-corrected chi connectivity index (χ1v) is 8.55. The van der Waals surface area contributed by atoms with Gasteiger partial charge in [-0.05, 0) is 44.1 Å². The van der Waals surface area contributed by atoms with Crippen LogP contribution in [-0.2, 0) is 0 Å². The van der Waals surface area contributed by atoms with Crippen LogP contribution in [0, 0.1) is 5.92 Å². The predicted molar refractivity (Wildman–Crippen MR) is 83.0 cm³/mol. The van der Waals surface area contributed by atoms with Gasteiger partial charge in [0.1, 0.15) is 0 Å². The highest BCUT2D eigenvalue weighted by atomic mass is 15.2. The highest BCUT2D eigenvalue weighted by molar-refractivity contribution is 5.02. The molecule has 0 bridgehead atoms. The van der Waals surface area contributed by atoms with Crippen molar-refractivity contribution in [3.05, 3.63) is 11.9 Å². The zero-order valence-corrected chi connectivity index (χ0v) is 13.0. The van der Waals surface area contributed by atoms with Crippen molar-refractivity contribution in [2.45, 2.75) is 77.7 Å². The van der Waals surface area contributed by atoms with E-state index in [1.807, 2.05) is 0 Å². The average Bonchev–Trinajstić information content (AvgIpc) is 2.48. The molecule has 1 saturated carbocycles. The van der Waals surface area contributed by atoms with Gasteiger partial charge in [0.2, 0.25) is 0 Å². The highest BCUT2D eigenvalue weighted by Gasteiger charge is 2.21. The summed E-state index contributed by atoms with van der Waals surface area (Å²) in [6, 6.07) is 0.732. The second kappa shape index (κ2) is 7.81. The van der Waals surface area contributed by atoms with Gasteiger partial charge in [0.25, 0.3) is 0 Å². The quantitative estimate of drug-likeness (QED) is 0.797. The molecule has 2 nitrogen and oxygen atoms in total. The Bertz CT molecular complexity index is 271. The van der Waals surface area contributed by atoms with Crippen LogP contribution in [0.25, 0.3) is 0 Å². The second-order valence-electron chi connectivity index (χ2n) is 6.32. The van der Waals surface area contributed by atoms with Gasteiger partial charge in [0.15, 0.2) is 0 Å². The van der Waals surface area contributed by atoms with Crippen molar-refractivity contribution in [1.29, 1.82) is 0 Å². The second-order valence-corrected chi connectivity index (χ2v) is 6.32. The maximum atomic E-state index is 3.85. The number of hydrogen-bond donors (Lipinski definition) is 1. The van der Waals surface area contributed by atoms with Crippen LogP contribution in [0.4, 0.5) is 0 Å². The molecule has 1 heterocycles. The standard InChI is InChI=1S/C17H32N2/c1-3-8-17(18-16-9-6-5-7-10-16)19-13-11-15(4-2)12-14-19/h8,15-16,18H,3-7,9-14H2,1-2H3/b17-8-. The van der Waals surface area contributed by atoms with Crippen molar-refractivity contribution in [2.75, 3.05) is 13.1 Å². The van der Waals surface area contributed by atoms with Gasteiger partial charge in [0.05, 0.1) is 5.82 Å². The number of hydrogen-bond acceptors (Lipinski definition) is 2. The Morgan fingerprint density at radius 2 is 1.74 bits per heavy atom. The first-order valence-electron chi connectivity index (χ1n) is 8.55. The van der Waals surface area contributed by atoms with Crippen molar-refractivity contribution >= 4 is 0 Å². The van der Waals surface area contributed by atoms with Gasteiger partial charge in [-0.15, -0.1) is 0 Å². The number of allylic oxidation sites excluding steroid dienone is 1. The number of nitrogens with zero attached hydrogens (tertiary/aromatic N) is 1. The summed E-state index contributed by atoms with van der Waals surface area (Å²) >= 11 is 0. The normalized spacial score (nSPS) is 23.7. The van der Waals surface area contributed by atoms with Crippen molar-refractivity contribution < 1.29 is 0 Å². The maximum Gasteiger partial charge on any atom is 0.0973 e. The van der Waals surface area contributed by atoms with E-state index in [0.717, 1.165) is 18.4 Å². The third-order valence-electron chi connectivity index (χ3n) is 4.89. The van der Waals surface area contributed by atoms with E-state index >= 15 is 0 Å². The molecule has 0 unspecified atom stereocenters. The average molecular weight is 264 g/mol. The molecule has 0 aromatic rings. The Morgan fingerprint density at radius 3 is 2.32 bits per heavy atom. The fourth-order valence-electron chi connectivity index (χ4n) is 3.51. The summed E-state index contributed by atoms with van der Waals surface area (Å²) in [4.78, 5) is 2.60. The third kappa shape index (κ3) is 4.43. The lowest BCUT2D eigenvalue weighted by atomic mass is 9.94. The van der Waals surface area contributed by atoms with E-state index in [1.54, 1.807) is 0 Å². The van der Waals surface area contributed by atoms with Gasteiger partial charge in [-0.3, -0.25) is 0 Å². The molecule has 0 amide bonds. The van der Waals surface area contributed by atoms with E-state index in [9.17, 15) is 0 Å². The van der Waals surface area contributed by atoms with Crippen LogP contribution < -0.4 is 5.32 Å². The summed E-state index contributed by atoms with van der Waals surface area (Å²) < 4.78 is 0. The predicted octanol–water partition coefficient (Wildman–Crippen LogP) is 4.28. The van der Waals surface area contributed by atoms with E-state index in [4.69, 9.17) is 0 Å². The minimum atomic E-state index is 0.732. The fourth-order valence-corrected chi connectivity index (χ4v) is 3.51. The topological polar surface area (TPSA) is 15.3 Å². The molecule has 0 atom stereocenters. The zero-order valence-electron chi connectivity index (χ0n) is 13.0. The molecule has 1 aliphatic heterocycles. The third-order valence-corrected chi connectivity index (χ3v) is 4.89. The molecular weight excluding hydrogens is 232 g/mol. The van der Waals surface area contributed by atoms with Crippen LogP contribution in [0.2, 0.25) is 0 Å². The molecule has 1 aliphatic carbocycles. The fraction of sp³-hybridized carbons (Fsp3) is 0.882. The summed E-state index contributed by atoms with van der Waals surface area (Å²) in [5, 5.41) is 3.85. The molecule has 0 radical (unpaired) electrons. The summed E-state index contributed by atoms with van der Waals surface area (Å²) in [5.74, 6) is 2.40. The minimum Gasteiger partial charge on any atom is -0.369 e. The number of rotatable bonds is 5. The molecule has 110 valence electrons. The number of likely N-dealkylation sites (tertiary alicyclic amines) is 1.